The Morgan fingerprint density at radius 3 is 0.825 bits per heavy atom. The third kappa shape index (κ3) is 106. The molecule has 2 aromatic rings. The first-order valence-corrected chi connectivity index (χ1v) is 3.91. The summed E-state index contributed by atoms with van der Waals surface area (Å²) in [4.78, 5) is 4.29. The van der Waals surface area contributed by atoms with Crippen molar-refractivity contribution >= 4 is 10.9 Å². The zero-order valence-electron chi connectivity index (χ0n) is 18.4. The molecule has 0 atom stereocenters. The second kappa shape index (κ2) is 154. The Labute approximate surface area is 657 Å². The van der Waals surface area contributed by atoms with Crippen LogP contribution >= 0.6 is 0 Å². The molecular weight excluding hydrogens is 5470 g/mol. The van der Waals surface area contributed by atoms with Gasteiger partial charge in [-0.3, -0.25) is 0 Å². The van der Waals surface area contributed by atoms with Crippen molar-refractivity contribution in [2.24, 2.45) is 0 Å². The number of fused-ring (bicyclic) bond motifs is 1. The summed E-state index contributed by atoms with van der Waals surface area (Å²) in [5.41, 5.74) is 2.46. The zero-order valence-corrected chi connectivity index (χ0v) is 103. The Balaban J connectivity index is -0.00000000191. The molecule has 0 aliphatic rings. The van der Waals surface area contributed by atoms with Gasteiger partial charge in [0.05, 0.1) is 0 Å². The fourth-order valence-electron chi connectivity index (χ4n) is 1.36. The zero-order chi connectivity index (χ0) is 7.68. The van der Waals surface area contributed by atoms with Gasteiger partial charge in [0.15, 0.2) is 0 Å². The fourth-order valence-corrected chi connectivity index (χ4v) is 1.36. The average molecular weight is 5480 g/mol. The van der Waals surface area contributed by atoms with Crippen LogP contribution in [0.2, 0.25) is 0 Å². The van der Waals surface area contributed by atoms with Crippen molar-refractivity contribution in [1.29, 1.82) is 0 Å². The van der Waals surface area contributed by atoms with Crippen molar-refractivity contribution in [2.75, 3.05) is 0 Å². The molecule has 0 unspecified atom stereocenters. The molecule has 0 amide bonds. The first kappa shape index (κ1) is 207. The molecule has 0 aliphatic heterocycles. The molecule has 0 bridgehead atoms. The van der Waals surface area contributed by atoms with Crippen molar-refractivity contribution < 1.29 is 611 Å². The van der Waals surface area contributed by atoms with E-state index >= 15 is 0 Å². The second-order valence-corrected chi connectivity index (χ2v) is 2.65. The summed E-state index contributed by atoms with van der Waals surface area (Å²) in [5, 5.41) is 1.30. The standard InChI is InChI=1S/C10H10N.29W/c1-2-8-7-11-10-6-4-3-5-9(8)10;;;;;;;;;;;;;;;;;;;;;;;;;;;;;/h3-7H,2H2,1H3;;;;;;;;;;;;;;;;;;;;;;;;;;;;;/q-1;;;;;;;;;;;;;;;;;;;;;;;;;;;;;. The normalized spacial score (nSPS) is 2.92. The van der Waals surface area contributed by atoms with Crippen molar-refractivity contribution in [3.05, 3.63) is 36.0 Å². The van der Waals surface area contributed by atoms with Crippen LogP contribution in [0.4, 0.5) is 0 Å². The topological polar surface area (TPSA) is 14.1 Å². The van der Waals surface area contributed by atoms with Crippen LogP contribution in [0.5, 0.6) is 0 Å². The van der Waals surface area contributed by atoms with Gasteiger partial charge in [-0.25, -0.2) is 0 Å². The van der Waals surface area contributed by atoms with Gasteiger partial charge in [-0.2, -0.15) is 6.20 Å². The SMILES string of the molecule is CCc1c[n-]c2ccccc12.[W].[W].[W].[W].[W].[W].[W].[W].[W].[W].[W].[W].[W].[W].[W].[W].[W].[W].[W].[W].[W].[W].[W].[W].[W].[W].[W].[W].[W]. The molecule has 40 heavy (non-hydrogen) atoms. The van der Waals surface area contributed by atoms with Gasteiger partial charge in [-0.05, 0) is 11.8 Å². The third-order valence-corrected chi connectivity index (χ3v) is 1.99. The van der Waals surface area contributed by atoms with Gasteiger partial charge in [-0.15, -0.1) is 5.52 Å². The summed E-state index contributed by atoms with van der Waals surface area (Å²) >= 11 is 0. The van der Waals surface area contributed by atoms with E-state index in [-0.39, 0.29) is 611 Å². The molecule has 0 radical (unpaired) electrons. The van der Waals surface area contributed by atoms with E-state index in [4.69, 9.17) is 0 Å². The summed E-state index contributed by atoms with van der Waals surface area (Å²) in [7, 11) is 0. The van der Waals surface area contributed by atoms with Gasteiger partial charge < -0.3 is 4.98 Å². The minimum atomic E-state index is 0. The smallest absolute Gasteiger partial charge is 0 e. The molecule has 230 valence electrons. The molecule has 0 aliphatic carbocycles. The van der Waals surface area contributed by atoms with Crippen LogP contribution in [0, 0.1) is 0 Å². The number of para-hydroxylation sites is 1. The van der Waals surface area contributed by atoms with Crippen LogP contribution in [0.15, 0.2) is 30.5 Å². The summed E-state index contributed by atoms with van der Waals surface area (Å²) in [6.45, 7) is 2.16. The van der Waals surface area contributed by atoms with Crippen LogP contribution < -0.4 is 4.98 Å². The van der Waals surface area contributed by atoms with Gasteiger partial charge in [0.2, 0.25) is 0 Å². The van der Waals surface area contributed by atoms with E-state index in [1.165, 1.54) is 10.9 Å². The van der Waals surface area contributed by atoms with Crippen LogP contribution in [0.25, 0.3) is 10.9 Å². The molecule has 1 heterocycles. The molecule has 1 aromatic carbocycles. The number of nitrogens with zero attached hydrogens (tertiary/aromatic N) is 1. The molecule has 0 fully saturated rings. The molecule has 0 saturated carbocycles. The summed E-state index contributed by atoms with van der Waals surface area (Å²) in [6, 6.07) is 8.26. The average Bonchev–Trinajstić information content (AvgIpc) is 2.47. The Morgan fingerprint density at radius 2 is 0.600 bits per heavy atom. The van der Waals surface area contributed by atoms with E-state index in [0.29, 0.717) is 0 Å². The van der Waals surface area contributed by atoms with Crippen molar-refractivity contribution in [2.45, 2.75) is 13.3 Å². The molecule has 0 saturated heterocycles. The number of hydrogen-bond acceptors (Lipinski definition) is 0. The van der Waals surface area contributed by atoms with Crippen LogP contribution in [0.3, 0.4) is 0 Å². The fraction of sp³-hybridized carbons (Fsp3) is 0.200. The van der Waals surface area contributed by atoms with E-state index in [9.17, 15) is 0 Å². The summed E-state index contributed by atoms with van der Waals surface area (Å²) < 4.78 is 0. The van der Waals surface area contributed by atoms with Crippen LogP contribution in [-0.4, -0.2) is 0 Å². The Morgan fingerprint density at radius 1 is 0.375 bits per heavy atom. The monoisotopic (exact) mass is 5480 g/mol. The number of benzene rings is 1. The quantitative estimate of drug-likeness (QED) is 0.429. The van der Waals surface area contributed by atoms with E-state index < -0.39 is 0 Å². The first-order valence-electron chi connectivity index (χ1n) is 3.91. The Bertz CT molecular complexity index is 394. The van der Waals surface area contributed by atoms with Gasteiger partial charge in [0.25, 0.3) is 0 Å². The Kier molecular flexibility index (Phi) is 798. The number of aromatic nitrogens is 1. The van der Waals surface area contributed by atoms with Crippen molar-refractivity contribution in [3.63, 3.8) is 0 Å². The van der Waals surface area contributed by atoms with Crippen LogP contribution in [0.1, 0.15) is 12.5 Å². The number of aryl methyl sites for hydroxylation is 1. The first-order chi connectivity index (χ1) is 5.42. The van der Waals surface area contributed by atoms with Gasteiger partial charge in [0, 0.05) is 611 Å². The molecule has 0 spiro atoms. The summed E-state index contributed by atoms with van der Waals surface area (Å²) in [6.07, 6.45) is 3.03. The van der Waals surface area contributed by atoms with E-state index in [2.05, 4.69) is 30.1 Å². The molecule has 1 nitrogen and oxygen atoms in total. The van der Waals surface area contributed by atoms with Crippen molar-refractivity contribution in [1.82, 2.24) is 4.98 Å². The third-order valence-electron chi connectivity index (χ3n) is 1.99. The van der Waals surface area contributed by atoms with Gasteiger partial charge in [-0.1, -0.05) is 36.8 Å². The minimum absolute atomic E-state index is 0. The maximum atomic E-state index is 4.29. The van der Waals surface area contributed by atoms with Crippen LogP contribution in [-0.2, 0) is 617 Å². The predicted octanol–water partition coefficient (Wildman–Crippen LogP) is 2.29. The Hall–Kier alpha value is 18.7. The van der Waals surface area contributed by atoms with E-state index in [1.54, 1.807) is 0 Å². The largest absolute Gasteiger partial charge is 0.663 e. The molecule has 30 heteroatoms. The molecule has 2 rings (SSSR count). The molecule has 0 N–H and O–H groups in total. The molecule has 1 aromatic heterocycles. The van der Waals surface area contributed by atoms with Crippen molar-refractivity contribution in [3.8, 4) is 0 Å². The number of hydrogen-bond donors (Lipinski definition) is 0. The predicted molar refractivity (Wildman–Crippen MR) is 46.6 cm³/mol. The summed E-state index contributed by atoms with van der Waals surface area (Å²) in [5.74, 6) is 0. The van der Waals surface area contributed by atoms with Gasteiger partial charge >= 0.3 is 0 Å². The number of rotatable bonds is 1. The molecular formula is C10H10NW29-. The van der Waals surface area contributed by atoms with Gasteiger partial charge in [0.1, 0.15) is 0 Å². The maximum Gasteiger partial charge on any atom is 0 e. The second-order valence-electron chi connectivity index (χ2n) is 2.65. The maximum absolute atomic E-state index is 4.29. The van der Waals surface area contributed by atoms with E-state index in [0.717, 1.165) is 11.9 Å². The minimum Gasteiger partial charge on any atom is -0.663 e. The van der Waals surface area contributed by atoms with E-state index in [1.807, 2.05) is 12.3 Å².